The van der Waals surface area contributed by atoms with Crippen LogP contribution < -0.4 is 11.1 Å². The van der Waals surface area contributed by atoms with Crippen molar-refractivity contribution in [2.24, 2.45) is 17.1 Å². The summed E-state index contributed by atoms with van der Waals surface area (Å²) in [5.41, 5.74) is 2.83. The lowest BCUT2D eigenvalue weighted by atomic mass is 9.83. The number of carbonyl (C=O) groups excluding carboxylic acids is 2. The van der Waals surface area contributed by atoms with Gasteiger partial charge in [0.15, 0.2) is 5.41 Å². The molecule has 2 saturated heterocycles. The molecular weight excluding hydrogens is 287 g/mol. The summed E-state index contributed by atoms with van der Waals surface area (Å²) in [7, 11) is 0. The van der Waals surface area contributed by atoms with Gasteiger partial charge >= 0.3 is 6.18 Å². The van der Waals surface area contributed by atoms with Crippen LogP contribution in [0.5, 0.6) is 0 Å². The molecule has 2 aliphatic heterocycles. The molecular formula is C13H20F3N3O2. The Hall–Kier alpha value is -1.31. The van der Waals surface area contributed by atoms with E-state index in [1.54, 1.807) is 0 Å². The highest BCUT2D eigenvalue weighted by Crippen LogP contribution is 2.44. The van der Waals surface area contributed by atoms with E-state index >= 15 is 0 Å². The van der Waals surface area contributed by atoms with Crippen molar-refractivity contribution in [1.29, 1.82) is 0 Å². The number of hydrogen-bond donors (Lipinski definition) is 2. The van der Waals surface area contributed by atoms with Crippen molar-refractivity contribution in [3.8, 4) is 0 Å². The van der Waals surface area contributed by atoms with E-state index in [9.17, 15) is 22.8 Å². The quantitative estimate of drug-likeness (QED) is 0.803. The van der Waals surface area contributed by atoms with Crippen LogP contribution in [-0.2, 0) is 9.59 Å². The Kier molecular flexibility index (Phi) is 4.46. The number of rotatable bonds is 3. The molecule has 21 heavy (non-hydrogen) atoms. The van der Waals surface area contributed by atoms with Gasteiger partial charge in [0, 0.05) is 26.1 Å². The molecule has 0 aromatic heterocycles. The van der Waals surface area contributed by atoms with Crippen molar-refractivity contribution in [3.05, 3.63) is 0 Å². The van der Waals surface area contributed by atoms with Crippen molar-refractivity contribution < 1.29 is 22.8 Å². The van der Waals surface area contributed by atoms with E-state index in [4.69, 9.17) is 5.73 Å². The average molecular weight is 307 g/mol. The minimum Gasteiger partial charge on any atom is -0.370 e. The summed E-state index contributed by atoms with van der Waals surface area (Å²) < 4.78 is 40.0. The van der Waals surface area contributed by atoms with E-state index in [0.29, 0.717) is 12.8 Å². The van der Waals surface area contributed by atoms with E-state index in [-0.39, 0.29) is 44.9 Å². The van der Waals surface area contributed by atoms with Crippen molar-refractivity contribution in [1.82, 2.24) is 10.2 Å². The lowest BCUT2D eigenvalue weighted by Crippen LogP contribution is -2.55. The molecule has 8 heteroatoms. The average Bonchev–Trinajstić information content (AvgIpc) is 2.88. The predicted octanol–water partition coefficient (Wildman–Crippen LogP) is 0.642. The number of nitrogens with zero attached hydrogens (tertiary/aromatic N) is 1. The number of primary amides is 1. The van der Waals surface area contributed by atoms with Crippen LogP contribution in [0.3, 0.4) is 0 Å². The number of piperidine rings is 1. The lowest BCUT2D eigenvalue weighted by Gasteiger charge is -2.38. The summed E-state index contributed by atoms with van der Waals surface area (Å²) in [6, 6.07) is 0. The maximum absolute atomic E-state index is 13.3. The van der Waals surface area contributed by atoms with Crippen molar-refractivity contribution in [2.45, 2.75) is 31.9 Å². The Balaban J connectivity index is 2.02. The molecule has 2 heterocycles. The summed E-state index contributed by atoms with van der Waals surface area (Å²) in [5, 5.41) is 2.65. The monoisotopic (exact) mass is 307 g/mol. The fourth-order valence-electron chi connectivity index (χ4n) is 3.17. The fraction of sp³-hybridized carbons (Fsp3) is 0.846. The molecule has 1 atom stereocenters. The van der Waals surface area contributed by atoms with Gasteiger partial charge in [-0.05, 0) is 31.7 Å². The van der Waals surface area contributed by atoms with Gasteiger partial charge in [0.05, 0.1) is 0 Å². The van der Waals surface area contributed by atoms with Crippen molar-refractivity contribution in [2.75, 3.05) is 26.2 Å². The molecule has 5 nitrogen and oxygen atoms in total. The van der Waals surface area contributed by atoms with E-state index in [1.165, 1.54) is 4.90 Å². The zero-order valence-electron chi connectivity index (χ0n) is 11.7. The number of carbonyl (C=O) groups is 2. The molecule has 2 rings (SSSR count). The number of hydrogen-bond acceptors (Lipinski definition) is 3. The van der Waals surface area contributed by atoms with Crippen LogP contribution in [0.25, 0.3) is 0 Å². The van der Waals surface area contributed by atoms with E-state index < -0.39 is 23.4 Å². The van der Waals surface area contributed by atoms with E-state index in [0.717, 1.165) is 0 Å². The van der Waals surface area contributed by atoms with Gasteiger partial charge in [-0.25, -0.2) is 0 Å². The van der Waals surface area contributed by atoms with Gasteiger partial charge in [0.25, 0.3) is 0 Å². The van der Waals surface area contributed by atoms with Crippen LogP contribution in [0.4, 0.5) is 13.2 Å². The zero-order chi connectivity index (χ0) is 15.7. The van der Waals surface area contributed by atoms with Crippen LogP contribution >= 0.6 is 0 Å². The highest BCUT2D eigenvalue weighted by Gasteiger charge is 2.62. The Morgan fingerprint density at radius 2 is 1.90 bits per heavy atom. The molecule has 0 aliphatic carbocycles. The SMILES string of the molecule is NC(=O)CC1CCN(C(=O)C2(C(F)(F)F)CCNC2)CC1. The number of likely N-dealkylation sites (tertiary alicyclic amines) is 1. The molecule has 120 valence electrons. The van der Waals surface area contributed by atoms with Gasteiger partial charge in [-0.15, -0.1) is 0 Å². The Labute approximate surface area is 121 Å². The molecule has 2 amide bonds. The summed E-state index contributed by atoms with van der Waals surface area (Å²) in [6.07, 6.45) is -3.48. The normalized spacial score (nSPS) is 27.9. The third-order valence-electron chi connectivity index (χ3n) is 4.50. The first-order chi connectivity index (χ1) is 9.76. The number of halogens is 3. The van der Waals surface area contributed by atoms with Gasteiger partial charge in [0.2, 0.25) is 11.8 Å². The van der Waals surface area contributed by atoms with Crippen LogP contribution in [0.1, 0.15) is 25.7 Å². The first-order valence-electron chi connectivity index (χ1n) is 7.11. The fourth-order valence-corrected chi connectivity index (χ4v) is 3.17. The van der Waals surface area contributed by atoms with Crippen molar-refractivity contribution >= 4 is 11.8 Å². The Bertz CT molecular complexity index is 411. The van der Waals surface area contributed by atoms with Crippen molar-refractivity contribution in [3.63, 3.8) is 0 Å². The predicted molar refractivity (Wildman–Crippen MR) is 69.1 cm³/mol. The topological polar surface area (TPSA) is 75.4 Å². The van der Waals surface area contributed by atoms with Crippen LogP contribution in [0.15, 0.2) is 0 Å². The molecule has 0 aromatic rings. The Morgan fingerprint density at radius 1 is 1.29 bits per heavy atom. The summed E-state index contributed by atoms with van der Waals surface area (Å²) in [5.74, 6) is -1.18. The molecule has 0 saturated carbocycles. The number of nitrogens with one attached hydrogen (secondary N) is 1. The molecule has 0 radical (unpaired) electrons. The van der Waals surface area contributed by atoms with Crippen LogP contribution in [-0.4, -0.2) is 49.1 Å². The second kappa shape index (κ2) is 5.82. The largest absolute Gasteiger partial charge is 0.404 e. The second-order valence-electron chi connectivity index (χ2n) is 5.91. The van der Waals surface area contributed by atoms with Gasteiger partial charge in [-0.3, -0.25) is 9.59 Å². The third kappa shape index (κ3) is 3.14. The highest BCUT2D eigenvalue weighted by molar-refractivity contribution is 5.84. The molecule has 3 N–H and O–H groups in total. The minimum absolute atomic E-state index is 0.0649. The Morgan fingerprint density at radius 3 is 2.33 bits per heavy atom. The summed E-state index contributed by atoms with van der Waals surface area (Å²) in [6.45, 7) is 0.364. The summed E-state index contributed by atoms with van der Waals surface area (Å²) >= 11 is 0. The molecule has 0 spiro atoms. The van der Waals surface area contributed by atoms with Gasteiger partial charge in [-0.2, -0.15) is 13.2 Å². The number of alkyl halides is 3. The lowest BCUT2D eigenvalue weighted by molar-refractivity contribution is -0.222. The first-order valence-corrected chi connectivity index (χ1v) is 7.11. The molecule has 0 bridgehead atoms. The molecule has 1 unspecified atom stereocenters. The third-order valence-corrected chi connectivity index (χ3v) is 4.50. The van der Waals surface area contributed by atoms with Crippen LogP contribution in [0.2, 0.25) is 0 Å². The molecule has 2 aliphatic rings. The van der Waals surface area contributed by atoms with Gasteiger partial charge < -0.3 is 16.0 Å². The number of amides is 2. The zero-order valence-corrected chi connectivity index (χ0v) is 11.7. The minimum atomic E-state index is -4.54. The maximum atomic E-state index is 13.3. The standard InChI is InChI=1S/C13H20F3N3O2/c14-13(15,16)12(3-4-18-8-12)11(21)19-5-1-9(2-6-19)7-10(17)20/h9,18H,1-8H2,(H2,17,20). The van der Waals surface area contributed by atoms with E-state index in [2.05, 4.69) is 5.32 Å². The van der Waals surface area contributed by atoms with Crippen LogP contribution in [0, 0.1) is 11.3 Å². The molecule has 2 fully saturated rings. The molecule has 0 aromatic carbocycles. The second-order valence-corrected chi connectivity index (χ2v) is 5.91. The maximum Gasteiger partial charge on any atom is 0.404 e. The van der Waals surface area contributed by atoms with E-state index in [1.807, 2.05) is 0 Å². The van der Waals surface area contributed by atoms with Gasteiger partial charge in [0.1, 0.15) is 0 Å². The first kappa shape index (κ1) is 16.1. The smallest absolute Gasteiger partial charge is 0.370 e. The highest BCUT2D eigenvalue weighted by atomic mass is 19.4. The summed E-state index contributed by atoms with van der Waals surface area (Å²) in [4.78, 5) is 24.5. The van der Waals surface area contributed by atoms with Gasteiger partial charge in [-0.1, -0.05) is 0 Å². The number of nitrogens with two attached hydrogens (primary N) is 1.